The Hall–Kier alpha value is -1.05. The summed E-state index contributed by atoms with van der Waals surface area (Å²) in [6.45, 7) is 0. The third-order valence-corrected chi connectivity index (χ3v) is 1.31. The maximum absolute atomic E-state index is 11.9. The van der Waals surface area contributed by atoms with E-state index < -0.39 is 18.1 Å². The number of nitrogens with one attached hydrogen (secondary N) is 2. The molecule has 4 nitrogen and oxygen atoms in total. The monoisotopic (exact) mass is 198 g/mol. The number of hydrogen-bond acceptors (Lipinski definition) is 2. The molecule has 1 aliphatic rings. The van der Waals surface area contributed by atoms with Gasteiger partial charge in [0.2, 0.25) is 0 Å². The van der Waals surface area contributed by atoms with Gasteiger partial charge in [0.1, 0.15) is 0 Å². The van der Waals surface area contributed by atoms with Crippen molar-refractivity contribution in [3.8, 4) is 0 Å². The Morgan fingerprint density at radius 2 is 2.17 bits per heavy atom. The van der Waals surface area contributed by atoms with Gasteiger partial charge in [-0.3, -0.25) is 10.1 Å². The normalized spacial score (nSPS) is 24.1. The molecule has 0 fully saturated rings. The first-order valence-corrected chi connectivity index (χ1v) is 3.20. The number of carbonyl (C=O) groups is 1. The first-order chi connectivity index (χ1) is 5.41. The fourth-order valence-electron chi connectivity index (χ4n) is 0.609. The molecule has 8 heteroatoms. The largest absolute Gasteiger partial charge is 0.463 e. The summed E-state index contributed by atoms with van der Waals surface area (Å²) in [7, 11) is 0. The summed E-state index contributed by atoms with van der Waals surface area (Å²) in [6, 6.07) is -2.30. The molecule has 0 aliphatic carbocycles. The van der Waals surface area contributed by atoms with Gasteiger partial charge in [0, 0.05) is 5.11 Å². The van der Waals surface area contributed by atoms with Crippen LogP contribution < -0.4 is 10.4 Å². The molecule has 12 heavy (non-hydrogen) atoms. The topological polar surface area (TPSA) is 55.4 Å². The van der Waals surface area contributed by atoms with E-state index >= 15 is 0 Å². The molecule has 0 aromatic carbocycles. The Kier molecular flexibility index (Phi) is 2.09. The highest BCUT2D eigenvalue weighted by molar-refractivity contribution is 7.80. The number of thiocarbonyl (C=S) groups is 1. The van der Waals surface area contributed by atoms with Crippen LogP contribution in [-0.2, 0) is 4.79 Å². The van der Waals surface area contributed by atoms with Crippen molar-refractivity contribution in [3.63, 3.8) is 0 Å². The molecule has 1 unspecified atom stereocenters. The van der Waals surface area contributed by atoms with Gasteiger partial charge in [-0.05, 0) is 12.2 Å². The number of halogens is 3. The van der Waals surface area contributed by atoms with Crippen molar-refractivity contribution in [2.45, 2.75) is 12.2 Å². The molecular formula is C4H3F3N3OS+. The van der Waals surface area contributed by atoms with Crippen LogP contribution in [0.25, 0.3) is 0 Å². The summed E-state index contributed by atoms with van der Waals surface area (Å²) in [5.41, 5.74) is 0. The number of nitrogens with zero attached hydrogens (tertiary/aromatic N) is 1. The number of carbonyl (C=O) groups excluding carboxylic acids is 1. The number of alkyl halides is 3. The average molecular weight is 198 g/mol. The Labute approximate surface area is 69.8 Å². The Bertz CT molecular complexity index is 261. The second kappa shape index (κ2) is 2.77. The maximum Gasteiger partial charge on any atom is 0.463 e. The minimum atomic E-state index is -4.65. The van der Waals surface area contributed by atoms with Crippen LogP contribution in [0.5, 0.6) is 0 Å². The molecule has 1 amide bonds. The van der Waals surface area contributed by atoms with Crippen molar-refractivity contribution in [2.75, 3.05) is 0 Å². The fraction of sp³-hybridized carbons (Fsp3) is 0.500. The van der Waals surface area contributed by atoms with Gasteiger partial charge in [-0.1, -0.05) is 0 Å². The Morgan fingerprint density at radius 1 is 1.58 bits per heavy atom. The molecule has 1 heterocycles. The molecule has 2 N–H and O–H groups in total. The van der Waals surface area contributed by atoms with E-state index in [1.165, 1.54) is 0 Å². The number of azo groups is 1. The Balaban J connectivity index is 2.87. The van der Waals surface area contributed by atoms with Crippen molar-refractivity contribution >= 4 is 23.2 Å². The lowest BCUT2D eigenvalue weighted by Crippen LogP contribution is -2.86. The van der Waals surface area contributed by atoms with E-state index in [0.717, 1.165) is 0 Å². The molecule has 0 radical (unpaired) electrons. The predicted molar refractivity (Wildman–Crippen MR) is 34.0 cm³/mol. The van der Waals surface area contributed by atoms with Gasteiger partial charge in [0.25, 0.3) is 5.11 Å². The first-order valence-electron chi connectivity index (χ1n) is 2.79. The van der Waals surface area contributed by atoms with Crippen molar-refractivity contribution in [1.82, 2.24) is 5.32 Å². The molecular weight excluding hydrogens is 195 g/mol. The van der Waals surface area contributed by atoms with Gasteiger partial charge in [-0.25, -0.2) is 0 Å². The van der Waals surface area contributed by atoms with E-state index in [4.69, 9.17) is 0 Å². The molecule has 1 atom stereocenters. The summed E-state index contributed by atoms with van der Waals surface area (Å²) >= 11 is 4.33. The molecule has 0 aromatic rings. The van der Waals surface area contributed by atoms with Crippen molar-refractivity contribution in [1.29, 1.82) is 0 Å². The van der Waals surface area contributed by atoms with Crippen LogP contribution >= 0.6 is 12.2 Å². The van der Waals surface area contributed by atoms with E-state index in [9.17, 15) is 18.0 Å². The minimum Gasteiger partial charge on any atom is -0.290 e. The van der Waals surface area contributed by atoms with Crippen LogP contribution in [0.4, 0.5) is 13.2 Å². The lowest BCUT2D eigenvalue weighted by atomic mass is 10.3. The summed E-state index contributed by atoms with van der Waals surface area (Å²) < 4.78 is 35.7. The third kappa shape index (κ3) is 1.76. The van der Waals surface area contributed by atoms with E-state index in [-0.39, 0.29) is 5.11 Å². The van der Waals surface area contributed by atoms with Gasteiger partial charge in [-0.2, -0.15) is 13.2 Å². The standard InChI is InChI=1S/C4H2F3N3OS/c5-4(6,7)1-2(11)8-3(12)10-9-1/h1H,(H,8,11,12)/p+1. The number of rotatable bonds is 0. The number of hydrogen-bond donors (Lipinski definition) is 2. The quantitative estimate of drug-likeness (QED) is 0.484. The molecule has 0 spiro atoms. The third-order valence-electron chi connectivity index (χ3n) is 1.11. The molecule has 1 aliphatic heterocycles. The molecule has 0 saturated heterocycles. The zero-order chi connectivity index (χ0) is 9.35. The Morgan fingerprint density at radius 3 is 2.58 bits per heavy atom. The first kappa shape index (κ1) is 9.04. The fourth-order valence-corrected chi connectivity index (χ4v) is 0.762. The van der Waals surface area contributed by atoms with Crippen LogP contribution in [0, 0.1) is 0 Å². The summed E-state index contributed by atoms with van der Waals surface area (Å²) in [6.07, 6.45) is -4.65. The average Bonchev–Trinajstić information content (AvgIpc) is 1.83. The van der Waals surface area contributed by atoms with Crippen LogP contribution in [0.1, 0.15) is 0 Å². The van der Waals surface area contributed by atoms with Gasteiger partial charge in [0.15, 0.2) is 0 Å². The van der Waals surface area contributed by atoms with Crippen molar-refractivity contribution in [3.05, 3.63) is 0 Å². The van der Waals surface area contributed by atoms with Crippen molar-refractivity contribution in [2.24, 2.45) is 5.11 Å². The molecule has 0 aromatic heterocycles. The highest BCUT2D eigenvalue weighted by Gasteiger charge is 2.52. The zero-order valence-corrected chi connectivity index (χ0v) is 6.29. The van der Waals surface area contributed by atoms with Gasteiger partial charge >= 0.3 is 18.1 Å². The van der Waals surface area contributed by atoms with E-state index in [1.54, 1.807) is 10.4 Å². The van der Waals surface area contributed by atoms with Gasteiger partial charge in [0.05, 0.1) is 0 Å². The predicted octanol–water partition coefficient (Wildman–Crippen LogP) is -1.14. The zero-order valence-electron chi connectivity index (χ0n) is 5.47. The minimum absolute atomic E-state index is 0.291. The molecule has 0 saturated carbocycles. The van der Waals surface area contributed by atoms with Gasteiger partial charge < -0.3 is 0 Å². The highest BCUT2D eigenvalue weighted by Crippen LogP contribution is 2.17. The van der Waals surface area contributed by atoms with E-state index in [1.807, 2.05) is 0 Å². The smallest absolute Gasteiger partial charge is 0.290 e. The van der Waals surface area contributed by atoms with E-state index in [2.05, 4.69) is 17.3 Å². The summed E-state index contributed by atoms with van der Waals surface area (Å²) in [5, 5.41) is 6.15. The van der Waals surface area contributed by atoms with Crippen LogP contribution in [0.2, 0.25) is 0 Å². The lowest BCUT2D eigenvalue weighted by molar-refractivity contribution is -0.589. The lowest BCUT2D eigenvalue weighted by Gasteiger charge is -2.11. The summed E-state index contributed by atoms with van der Waals surface area (Å²) in [5.74, 6) is -1.23. The molecule has 0 bridgehead atoms. The van der Waals surface area contributed by atoms with Gasteiger partial charge in [-0.15, -0.1) is 5.11 Å². The van der Waals surface area contributed by atoms with Crippen molar-refractivity contribution < 1.29 is 23.1 Å². The second-order valence-electron chi connectivity index (χ2n) is 2.01. The molecule has 66 valence electrons. The number of amides is 1. The van der Waals surface area contributed by atoms with E-state index in [0.29, 0.717) is 0 Å². The SMILES string of the molecule is O=C1NC(=S)N=[NH+]C1C(F)(F)F. The second-order valence-corrected chi connectivity index (χ2v) is 2.40. The van der Waals surface area contributed by atoms with Crippen LogP contribution in [0.3, 0.4) is 0 Å². The van der Waals surface area contributed by atoms with Crippen LogP contribution in [0.15, 0.2) is 5.11 Å². The summed E-state index contributed by atoms with van der Waals surface area (Å²) in [4.78, 5) is 10.6. The van der Waals surface area contributed by atoms with Crippen LogP contribution in [-0.4, -0.2) is 23.2 Å². The molecule has 1 rings (SSSR count). The highest BCUT2D eigenvalue weighted by atomic mass is 32.1. The maximum atomic E-state index is 11.9.